The summed E-state index contributed by atoms with van der Waals surface area (Å²) in [6.45, 7) is 0. The second-order valence-corrected chi connectivity index (χ2v) is 6.91. The first kappa shape index (κ1) is 19.4. The molecule has 3 aromatic rings. The minimum Gasteiger partial charge on any atom is -0.334 e. The summed E-state index contributed by atoms with van der Waals surface area (Å²) in [6, 6.07) is 13.5. The van der Waals surface area contributed by atoms with Crippen LogP contribution in [-0.2, 0) is 0 Å². The molecule has 0 aliphatic rings. The van der Waals surface area contributed by atoms with Gasteiger partial charge in [0.1, 0.15) is 10.0 Å². The van der Waals surface area contributed by atoms with Crippen molar-refractivity contribution in [2.24, 2.45) is 0 Å². The van der Waals surface area contributed by atoms with Crippen molar-refractivity contribution in [3.8, 4) is 0 Å². The first-order chi connectivity index (χ1) is 12.9. The van der Waals surface area contributed by atoms with E-state index >= 15 is 0 Å². The molecule has 0 aliphatic heterocycles. The van der Waals surface area contributed by atoms with E-state index in [4.69, 9.17) is 46.4 Å². The Balaban J connectivity index is 2.28. The lowest BCUT2D eigenvalue weighted by Gasteiger charge is -2.12. The number of anilines is 1. The Kier molecular flexibility index (Phi) is 5.86. The average Bonchev–Trinajstić information content (AvgIpc) is 3.06. The van der Waals surface area contributed by atoms with Gasteiger partial charge in [-0.05, 0) is 36.4 Å². The third kappa shape index (κ3) is 4.17. The minimum atomic E-state index is -0.707. The lowest BCUT2D eigenvalue weighted by Crippen LogP contribution is -2.16. The van der Waals surface area contributed by atoms with Gasteiger partial charge in [0.05, 0.1) is 10.4 Å². The molecule has 1 aromatic heterocycles. The summed E-state index contributed by atoms with van der Waals surface area (Å²) >= 11 is 23.3. The van der Waals surface area contributed by atoms with E-state index in [1.165, 1.54) is 4.68 Å². The van der Waals surface area contributed by atoms with E-state index in [1.807, 2.05) is 0 Å². The molecule has 0 unspecified atom stereocenters. The number of nitrogens with one attached hydrogen (secondary N) is 1. The van der Waals surface area contributed by atoms with E-state index < -0.39 is 20.1 Å². The number of para-hydroxylation sites is 1. The van der Waals surface area contributed by atoms with Crippen molar-refractivity contribution >= 4 is 68.9 Å². The number of nitro groups is 1. The highest BCUT2D eigenvalue weighted by Gasteiger charge is 2.28. The van der Waals surface area contributed by atoms with E-state index in [0.29, 0.717) is 21.7 Å². The monoisotopic (exact) mass is 443 g/mol. The van der Waals surface area contributed by atoms with Crippen LogP contribution in [-0.4, -0.2) is 19.9 Å². The first-order valence-electron chi connectivity index (χ1n) is 7.31. The summed E-state index contributed by atoms with van der Waals surface area (Å²) < 4.78 is 0.796. The summed E-state index contributed by atoms with van der Waals surface area (Å²) in [7, 11) is 0. The SMILES string of the molecule is O=[N+]([O-])C(C(Cl)=C(Cl)Cl)=C(Nc1ccc(Cl)cc1)n1nnc2ccccc21. The van der Waals surface area contributed by atoms with Crippen LogP contribution < -0.4 is 5.32 Å². The second kappa shape index (κ2) is 8.14. The van der Waals surface area contributed by atoms with Crippen LogP contribution in [0.15, 0.2) is 63.8 Å². The van der Waals surface area contributed by atoms with Gasteiger partial charge in [-0.15, -0.1) is 5.10 Å². The highest BCUT2D eigenvalue weighted by Crippen LogP contribution is 2.31. The zero-order chi connectivity index (χ0) is 19.6. The highest BCUT2D eigenvalue weighted by molar-refractivity contribution is 6.59. The maximum Gasteiger partial charge on any atom is 0.332 e. The molecular formula is C16H9Cl4N5O2. The largest absolute Gasteiger partial charge is 0.334 e. The molecule has 27 heavy (non-hydrogen) atoms. The first-order valence-corrected chi connectivity index (χ1v) is 8.83. The molecule has 0 saturated heterocycles. The number of hydrogen-bond acceptors (Lipinski definition) is 5. The van der Waals surface area contributed by atoms with Crippen molar-refractivity contribution < 1.29 is 4.92 Å². The van der Waals surface area contributed by atoms with Crippen molar-refractivity contribution in [1.82, 2.24) is 15.0 Å². The standard InChI is InChI=1S/C16H9Cl4N5O2/c17-9-5-7-10(8-6-9)21-16(14(25(26)27)13(18)15(19)20)24-12-4-2-1-3-11(12)22-23-24/h1-8,21H. The molecule has 0 radical (unpaired) electrons. The maximum absolute atomic E-state index is 11.8. The molecule has 2 aromatic carbocycles. The third-order valence-corrected chi connectivity index (χ3v) is 4.64. The Labute approximate surface area is 172 Å². The summed E-state index contributed by atoms with van der Waals surface area (Å²) in [4.78, 5) is 11.0. The summed E-state index contributed by atoms with van der Waals surface area (Å²) in [5, 5.41) is 22.8. The van der Waals surface area contributed by atoms with Crippen LogP contribution in [0.3, 0.4) is 0 Å². The highest BCUT2D eigenvalue weighted by atomic mass is 35.5. The van der Waals surface area contributed by atoms with E-state index in [2.05, 4.69) is 15.6 Å². The molecule has 0 fully saturated rings. The molecule has 0 amide bonds. The van der Waals surface area contributed by atoms with Gasteiger partial charge < -0.3 is 5.32 Å². The zero-order valence-corrected chi connectivity index (χ0v) is 16.3. The number of aromatic nitrogens is 3. The maximum atomic E-state index is 11.8. The molecule has 0 saturated carbocycles. The predicted molar refractivity (Wildman–Crippen MR) is 107 cm³/mol. The molecule has 0 bridgehead atoms. The van der Waals surface area contributed by atoms with Gasteiger partial charge in [0, 0.05) is 10.7 Å². The van der Waals surface area contributed by atoms with Crippen molar-refractivity contribution in [1.29, 1.82) is 0 Å². The van der Waals surface area contributed by atoms with E-state index in [-0.39, 0.29) is 5.82 Å². The Hall–Kier alpha value is -2.32. The van der Waals surface area contributed by atoms with E-state index in [9.17, 15) is 10.1 Å². The Bertz CT molecular complexity index is 1070. The summed E-state index contributed by atoms with van der Waals surface area (Å²) in [5.41, 5.74) is 0.988. The van der Waals surface area contributed by atoms with Gasteiger partial charge in [0.2, 0.25) is 5.82 Å². The van der Waals surface area contributed by atoms with Crippen molar-refractivity contribution in [2.75, 3.05) is 5.32 Å². The Morgan fingerprint density at radius 1 is 1.07 bits per heavy atom. The van der Waals surface area contributed by atoms with Crippen LogP contribution in [0, 0.1) is 10.1 Å². The molecule has 1 N–H and O–H groups in total. The lowest BCUT2D eigenvalue weighted by atomic mass is 10.3. The number of nitrogens with zero attached hydrogens (tertiary/aromatic N) is 4. The minimum absolute atomic E-state index is 0.0835. The van der Waals surface area contributed by atoms with Crippen molar-refractivity contribution in [3.05, 3.63) is 78.9 Å². The molecule has 0 spiro atoms. The lowest BCUT2D eigenvalue weighted by molar-refractivity contribution is -0.419. The van der Waals surface area contributed by atoms with Gasteiger partial charge in [0.15, 0.2) is 5.03 Å². The normalized spacial score (nSPS) is 11.9. The van der Waals surface area contributed by atoms with Gasteiger partial charge in [-0.25, -0.2) is 0 Å². The van der Waals surface area contributed by atoms with Crippen molar-refractivity contribution in [3.63, 3.8) is 0 Å². The fourth-order valence-electron chi connectivity index (χ4n) is 2.28. The molecule has 11 heteroatoms. The van der Waals surface area contributed by atoms with Crippen LogP contribution in [0.5, 0.6) is 0 Å². The smallest absolute Gasteiger partial charge is 0.332 e. The zero-order valence-electron chi connectivity index (χ0n) is 13.2. The number of rotatable bonds is 5. The molecule has 138 valence electrons. The van der Waals surface area contributed by atoms with E-state index in [1.54, 1.807) is 48.5 Å². The predicted octanol–water partition coefficient (Wildman–Crippen LogP) is 5.49. The number of allylic oxidation sites excluding steroid dienone is 1. The molecule has 1 heterocycles. The number of halogens is 4. The Morgan fingerprint density at radius 2 is 1.74 bits per heavy atom. The van der Waals surface area contributed by atoms with Gasteiger partial charge in [-0.3, -0.25) is 10.1 Å². The summed E-state index contributed by atoms with van der Waals surface area (Å²) in [5.74, 6) is -0.0835. The molecule has 0 atom stereocenters. The molecule has 7 nitrogen and oxygen atoms in total. The van der Waals surface area contributed by atoms with Crippen LogP contribution in [0.25, 0.3) is 16.9 Å². The van der Waals surface area contributed by atoms with E-state index in [0.717, 1.165) is 0 Å². The van der Waals surface area contributed by atoms with Crippen LogP contribution in [0.4, 0.5) is 5.69 Å². The second-order valence-electron chi connectivity index (χ2n) is 5.15. The van der Waals surface area contributed by atoms with Gasteiger partial charge in [-0.2, -0.15) is 4.68 Å². The number of fused-ring (bicyclic) bond motifs is 1. The van der Waals surface area contributed by atoms with Crippen LogP contribution in [0.2, 0.25) is 5.02 Å². The molecular weight excluding hydrogens is 436 g/mol. The van der Waals surface area contributed by atoms with Crippen LogP contribution in [0.1, 0.15) is 0 Å². The average molecular weight is 445 g/mol. The Morgan fingerprint density at radius 3 is 2.37 bits per heavy atom. The van der Waals surface area contributed by atoms with Gasteiger partial charge >= 0.3 is 5.70 Å². The molecule has 3 rings (SSSR count). The molecule has 0 aliphatic carbocycles. The summed E-state index contributed by atoms with van der Waals surface area (Å²) in [6.07, 6.45) is 0. The quantitative estimate of drug-likeness (QED) is 0.319. The number of hydrogen-bond donors (Lipinski definition) is 1. The van der Waals surface area contributed by atoms with Crippen molar-refractivity contribution in [2.45, 2.75) is 0 Å². The van der Waals surface area contributed by atoms with Gasteiger partial charge in [0.25, 0.3) is 0 Å². The van der Waals surface area contributed by atoms with Crippen LogP contribution >= 0.6 is 46.4 Å². The number of benzene rings is 2. The topological polar surface area (TPSA) is 85.9 Å². The fourth-order valence-corrected chi connectivity index (χ4v) is 2.74. The fraction of sp³-hybridized carbons (Fsp3) is 0. The van der Waals surface area contributed by atoms with Gasteiger partial charge in [-0.1, -0.05) is 63.7 Å². The third-order valence-electron chi connectivity index (χ3n) is 3.45.